The van der Waals surface area contributed by atoms with Gasteiger partial charge < -0.3 is 5.11 Å². The largest absolute Gasteiger partial charge is 0.388 e. The average molecular weight is 221 g/mol. The molecule has 1 N–H and O–H groups in total. The summed E-state index contributed by atoms with van der Waals surface area (Å²) in [5.74, 6) is -0.272. The molecule has 16 heavy (non-hydrogen) atoms. The lowest BCUT2D eigenvalue weighted by Gasteiger charge is -2.08. The minimum atomic E-state index is -0.952. The fourth-order valence-corrected chi connectivity index (χ4v) is 1.21. The highest BCUT2D eigenvalue weighted by Gasteiger charge is 2.12. The predicted molar refractivity (Wildman–Crippen MR) is 57.9 cm³/mol. The first-order chi connectivity index (χ1) is 7.54. The number of benzene rings is 1. The predicted octanol–water partition coefficient (Wildman–Crippen LogP) is 1.77. The van der Waals surface area contributed by atoms with E-state index >= 15 is 0 Å². The number of rotatable bonds is 5. The molecule has 0 saturated heterocycles. The molecule has 0 fully saturated rings. The molecule has 1 aromatic carbocycles. The number of hydrogen-bond acceptors (Lipinski definition) is 4. The van der Waals surface area contributed by atoms with Gasteiger partial charge in [-0.2, -0.15) is 0 Å². The van der Waals surface area contributed by atoms with Crippen LogP contribution in [0.3, 0.4) is 0 Å². The molecule has 1 rings (SSSR count). The van der Waals surface area contributed by atoms with Crippen LogP contribution in [0.2, 0.25) is 0 Å². The van der Waals surface area contributed by atoms with Crippen molar-refractivity contribution in [3.8, 4) is 0 Å². The Morgan fingerprint density at radius 1 is 1.50 bits per heavy atom. The molecule has 0 aliphatic carbocycles. The van der Waals surface area contributed by atoms with Crippen LogP contribution in [0.5, 0.6) is 0 Å². The van der Waals surface area contributed by atoms with Crippen molar-refractivity contribution in [3.05, 3.63) is 52.6 Å². The molecular weight excluding hydrogens is 210 g/mol. The molecule has 0 saturated carbocycles. The molecule has 5 heteroatoms. The second kappa shape index (κ2) is 5.18. The standard InChI is InChI=1S/C11H11NO4/c1-2-10(13)7-11(14)8-3-5-9(6-4-8)12(15)16/h2-6,11,14H,1,7H2/t11-/m0/s1. The number of hydrogen-bond donors (Lipinski definition) is 1. The molecule has 1 aromatic rings. The number of carbonyl (C=O) groups is 1. The van der Waals surface area contributed by atoms with Gasteiger partial charge in [-0.25, -0.2) is 0 Å². The highest BCUT2D eigenvalue weighted by atomic mass is 16.6. The van der Waals surface area contributed by atoms with E-state index in [0.717, 1.165) is 6.08 Å². The van der Waals surface area contributed by atoms with Crippen LogP contribution >= 0.6 is 0 Å². The van der Waals surface area contributed by atoms with Gasteiger partial charge in [0, 0.05) is 18.6 Å². The Hall–Kier alpha value is -2.01. The molecule has 0 amide bonds. The number of ketones is 1. The highest BCUT2D eigenvalue weighted by molar-refractivity contribution is 5.89. The topological polar surface area (TPSA) is 80.4 Å². The zero-order valence-electron chi connectivity index (χ0n) is 8.50. The molecule has 5 nitrogen and oxygen atoms in total. The first-order valence-electron chi connectivity index (χ1n) is 4.62. The van der Waals surface area contributed by atoms with E-state index in [9.17, 15) is 20.0 Å². The number of nitrogens with zero attached hydrogens (tertiary/aromatic N) is 1. The van der Waals surface area contributed by atoms with Crippen LogP contribution in [0, 0.1) is 10.1 Å². The summed E-state index contributed by atoms with van der Waals surface area (Å²) in [4.78, 5) is 20.8. The van der Waals surface area contributed by atoms with Crippen molar-refractivity contribution in [1.82, 2.24) is 0 Å². The Labute approximate surface area is 92.2 Å². The zero-order chi connectivity index (χ0) is 12.1. The van der Waals surface area contributed by atoms with E-state index in [1.54, 1.807) is 0 Å². The van der Waals surface area contributed by atoms with Crippen LogP contribution < -0.4 is 0 Å². The maximum Gasteiger partial charge on any atom is 0.269 e. The van der Waals surface area contributed by atoms with Gasteiger partial charge in [0.15, 0.2) is 5.78 Å². The molecule has 0 aromatic heterocycles. The van der Waals surface area contributed by atoms with Crippen LogP contribution in [0.25, 0.3) is 0 Å². The average Bonchev–Trinajstić information content (AvgIpc) is 2.28. The number of aliphatic hydroxyl groups is 1. The fourth-order valence-electron chi connectivity index (χ4n) is 1.21. The lowest BCUT2D eigenvalue weighted by molar-refractivity contribution is -0.384. The Morgan fingerprint density at radius 2 is 2.06 bits per heavy atom. The van der Waals surface area contributed by atoms with Crippen LogP contribution in [-0.4, -0.2) is 15.8 Å². The second-order valence-corrected chi connectivity index (χ2v) is 3.24. The van der Waals surface area contributed by atoms with Gasteiger partial charge >= 0.3 is 0 Å². The number of non-ortho nitro benzene ring substituents is 1. The van der Waals surface area contributed by atoms with Gasteiger partial charge in [-0.15, -0.1) is 0 Å². The Morgan fingerprint density at radius 3 is 2.50 bits per heavy atom. The van der Waals surface area contributed by atoms with Crippen molar-refractivity contribution >= 4 is 11.5 Å². The minimum absolute atomic E-state index is 0.0500. The summed E-state index contributed by atoms with van der Waals surface area (Å²) >= 11 is 0. The van der Waals surface area contributed by atoms with E-state index in [1.165, 1.54) is 24.3 Å². The molecule has 0 unspecified atom stereocenters. The van der Waals surface area contributed by atoms with Gasteiger partial charge in [0.25, 0.3) is 5.69 Å². The third kappa shape index (κ3) is 2.99. The molecule has 0 aliphatic heterocycles. The van der Waals surface area contributed by atoms with Crippen LogP contribution in [0.15, 0.2) is 36.9 Å². The van der Waals surface area contributed by atoms with E-state index in [1.807, 2.05) is 0 Å². The number of aliphatic hydroxyl groups excluding tert-OH is 1. The van der Waals surface area contributed by atoms with Gasteiger partial charge in [0.2, 0.25) is 0 Å². The second-order valence-electron chi connectivity index (χ2n) is 3.24. The summed E-state index contributed by atoms with van der Waals surface area (Å²) in [6, 6.07) is 5.44. The van der Waals surface area contributed by atoms with Crippen LogP contribution in [-0.2, 0) is 4.79 Å². The summed E-state index contributed by atoms with van der Waals surface area (Å²) in [6.45, 7) is 3.29. The summed E-state index contributed by atoms with van der Waals surface area (Å²) in [5, 5.41) is 20.0. The van der Waals surface area contributed by atoms with Gasteiger partial charge in [0.1, 0.15) is 0 Å². The quantitative estimate of drug-likeness (QED) is 0.466. The van der Waals surface area contributed by atoms with Gasteiger partial charge in [-0.05, 0) is 23.8 Å². The van der Waals surface area contributed by atoms with Crippen molar-refractivity contribution in [2.45, 2.75) is 12.5 Å². The van der Waals surface area contributed by atoms with Crippen molar-refractivity contribution in [2.75, 3.05) is 0 Å². The van der Waals surface area contributed by atoms with E-state index < -0.39 is 11.0 Å². The number of nitro benzene ring substituents is 1. The monoisotopic (exact) mass is 221 g/mol. The van der Waals surface area contributed by atoms with Crippen molar-refractivity contribution < 1.29 is 14.8 Å². The van der Waals surface area contributed by atoms with Crippen LogP contribution in [0.4, 0.5) is 5.69 Å². The summed E-state index contributed by atoms with van der Waals surface area (Å²) in [6.07, 6.45) is 0.113. The van der Waals surface area contributed by atoms with E-state index in [-0.39, 0.29) is 17.9 Å². The lowest BCUT2D eigenvalue weighted by Crippen LogP contribution is -2.04. The molecule has 84 valence electrons. The van der Waals surface area contributed by atoms with E-state index in [4.69, 9.17) is 0 Å². The third-order valence-corrected chi connectivity index (χ3v) is 2.11. The van der Waals surface area contributed by atoms with Crippen molar-refractivity contribution in [3.63, 3.8) is 0 Å². The van der Waals surface area contributed by atoms with E-state index in [2.05, 4.69) is 6.58 Å². The first-order valence-corrected chi connectivity index (χ1v) is 4.62. The fraction of sp³-hybridized carbons (Fsp3) is 0.182. The molecule has 0 spiro atoms. The Bertz CT molecular complexity index is 410. The summed E-state index contributed by atoms with van der Waals surface area (Å²) in [7, 11) is 0. The molecule has 1 atom stereocenters. The first kappa shape index (κ1) is 12.1. The van der Waals surface area contributed by atoms with Gasteiger partial charge in [-0.1, -0.05) is 6.58 Å². The van der Waals surface area contributed by atoms with Gasteiger partial charge in [0.05, 0.1) is 11.0 Å². The normalized spacial score (nSPS) is 11.8. The number of allylic oxidation sites excluding steroid dienone is 1. The molecule has 0 heterocycles. The Balaban J connectivity index is 2.77. The maximum absolute atomic E-state index is 11.0. The SMILES string of the molecule is C=CC(=O)C[C@H](O)c1ccc([N+](=O)[O-])cc1. The molecule has 0 radical (unpaired) electrons. The van der Waals surface area contributed by atoms with Crippen molar-refractivity contribution in [2.24, 2.45) is 0 Å². The van der Waals surface area contributed by atoms with Crippen LogP contribution in [0.1, 0.15) is 18.1 Å². The Kier molecular flexibility index (Phi) is 3.90. The number of nitro groups is 1. The smallest absolute Gasteiger partial charge is 0.269 e. The lowest BCUT2D eigenvalue weighted by atomic mass is 10.0. The minimum Gasteiger partial charge on any atom is -0.388 e. The summed E-state index contributed by atoms with van der Waals surface area (Å²) < 4.78 is 0. The molecule has 0 bridgehead atoms. The number of carbonyl (C=O) groups excluding carboxylic acids is 1. The molecular formula is C11H11NO4. The highest BCUT2D eigenvalue weighted by Crippen LogP contribution is 2.20. The van der Waals surface area contributed by atoms with E-state index in [0.29, 0.717) is 5.56 Å². The maximum atomic E-state index is 11.0. The zero-order valence-corrected chi connectivity index (χ0v) is 8.50. The summed E-state index contributed by atoms with van der Waals surface area (Å²) in [5.41, 5.74) is 0.423. The third-order valence-electron chi connectivity index (χ3n) is 2.11. The van der Waals surface area contributed by atoms with Gasteiger partial charge in [-0.3, -0.25) is 14.9 Å². The molecule has 0 aliphatic rings. The van der Waals surface area contributed by atoms with Crippen molar-refractivity contribution in [1.29, 1.82) is 0 Å².